The highest BCUT2D eigenvalue weighted by Gasteiger charge is 2.14. The molecule has 0 spiro atoms. The normalized spacial score (nSPS) is 12.5. The summed E-state index contributed by atoms with van der Waals surface area (Å²) < 4.78 is 6.48. The predicted octanol–water partition coefficient (Wildman–Crippen LogP) is 2.16. The summed E-state index contributed by atoms with van der Waals surface area (Å²) in [6, 6.07) is 0. The van der Waals surface area contributed by atoms with E-state index in [-0.39, 0.29) is 11.9 Å². The number of hydrogen-bond donors (Lipinski definition) is 0. The van der Waals surface area contributed by atoms with Gasteiger partial charge in [0.15, 0.2) is 8.68 Å². The van der Waals surface area contributed by atoms with Crippen molar-refractivity contribution in [3.05, 3.63) is 0 Å². The summed E-state index contributed by atoms with van der Waals surface area (Å²) >= 11 is 4.66. The van der Waals surface area contributed by atoms with Crippen LogP contribution in [0.4, 0.5) is 0 Å². The smallest absolute Gasteiger partial charge is 0.309 e. The largest absolute Gasteiger partial charge is 0.469 e. The van der Waals surface area contributed by atoms with Crippen molar-refractivity contribution in [2.75, 3.05) is 19.1 Å². The molecule has 0 aliphatic rings. The zero-order valence-corrected chi connectivity index (χ0v) is 11.2. The highest BCUT2D eigenvalue weighted by Crippen LogP contribution is 2.28. The third-order valence-electron chi connectivity index (χ3n) is 1.62. The van der Waals surface area contributed by atoms with Gasteiger partial charge in [-0.25, -0.2) is 0 Å². The first-order chi connectivity index (χ1) is 7.17. The van der Waals surface area contributed by atoms with Crippen LogP contribution in [0.2, 0.25) is 0 Å². The SMILES string of the molecule is COC(=O)C(C)CSc1nnc(SC)s1. The minimum absolute atomic E-state index is 0.110. The van der Waals surface area contributed by atoms with Gasteiger partial charge in [-0.15, -0.1) is 10.2 Å². The molecule has 0 aliphatic heterocycles. The Morgan fingerprint density at radius 3 is 2.73 bits per heavy atom. The van der Waals surface area contributed by atoms with Gasteiger partial charge in [0.1, 0.15) is 0 Å². The van der Waals surface area contributed by atoms with E-state index in [2.05, 4.69) is 14.9 Å². The molecule has 1 heterocycles. The van der Waals surface area contributed by atoms with Crippen LogP contribution in [-0.4, -0.2) is 35.3 Å². The number of ether oxygens (including phenoxy) is 1. The predicted molar refractivity (Wildman–Crippen MR) is 63.6 cm³/mol. The van der Waals surface area contributed by atoms with Crippen LogP contribution in [0.25, 0.3) is 0 Å². The summed E-state index contributed by atoms with van der Waals surface area (Å²) in [5.41, 5.74) is 0. The maximum atomic E-state index is 11.1. The Labute approximate surface area is 101 Å². The number of aromatic nitrogens is 2. The Bertz CT molecular complexity index is 329. The number of nitrogens with zero attached hydrogens (tertiary/aromatic N) is 2. The second kappa shape index (κ2) is 6.34. The molecular weight excluding hydrogens is 252 g/mol. The summed E-state index contributed by atoms with van der Waals surface area (Å²) in [6.45, 7) is 1.84. The van der Waals surface area contributed by atoms with Crippen LogP contribution in [0.5, 0.6) is 0 Å². The minimum Gasteiger partial charge on any atom is -0.469 e. The second-order valence-electron chi connectivity index (χ2n) is 2.77. The van der Waals surface area contributed by atoms with Crippen molar-refractivity contribution in [3.63, 3.8) is 0 Å². The molecule has 0 saturated heterocycles. The van der Waals surface area contributed by atoms with E-state index in [0.717, 1.165) is 8.68 Å². The van der Waals surface area contributed by atoms with E-state index < -0.39 is 0 Å². The molecule has 4 nitrogen and oxygen atoms in total. The van der Waals surface area contributed by atoms with Crippen LogP contribution < -0.4 is 0 Å². The van der Waals surface area contributed by atoms with E-state index in [1.54, 1.807) is 23.1 Å². The van der Waals surface area contributed by atoms with Gasteiger partial charge >= 0.3 is 5.97 Å². The molecule has 15 heavy (non-hydrogen) atoms. The summed E-state index contributed by atoms with van der Waals surface area (Å²) in [5, 5.41) is 7.97. The average molecular weight is 264 g/mol. The fourth-order valence-corrected chi connectivity index (χ4v) is 3.27. The number of methoxy groups -OCH3 is 1. The molecule has 1 atom stereocenters. The van der Waals surface area contributed by atoms with Crippen molar-refractivity contribution in [2.24, 2.45) is 5.92 Å². The Kier molecular flexibility index (Phi) is 5.41. The molecule has 1 aromatic rings. The van der Waals surface area contributed by atoms with Crippen molar-refractivity contribution in [2.45, 2.75) is 15.6 Å². The van der Waals surface area contributed by atoms with E-state index in [0.29, 0.717) is 5.75 Å². The fourth-order valence-electron chi connectivity index (χ4n) is 0.804. The summed E-state index contributed by atoms with van der Waals surface area (Å²) in [4.78, 5) is 11.1. The van der Waals surface area contributed by atoms with Crippen LogP contribution in [0.3, 0.4) is 0 Å². The number of hydrogen-bond acceptors (Lipinski definition) is 7. The van der Waals surface area contributed by atoms with E-state index in [1.807, 2.05) is 13.2 Å². The molecule has 0 amide bonds. The molecule has 7 heteroatoms. The Hall–Kier alpha value is -0.270. The molecule has 0 saturated carbocycles. The van der Waals surface area contributed by atoms with Gasteiger partial charge in [-0.1, -0.05) is 41.8 Å². The number of carbonyl (C=O) groups excluding carboxylic acids is 1. The van der Waals surface area contributed by atoms with Gasteiger partial charge in [0.05, 0.1) is 13.0 Å². The van der Waals surface area contributed by atoms with Crippen LogP contribution in [0.1, 0.15) is 6.92 Å². The molecule has 1 aromatic heterocycles. The van der Waals surface area contributed by atoms with Crippen LogP contribution in [0, 0.1) is 5.92 Å². The Morgan fingerprint density at radius 1 is 1.53 bits per heavy atom. The number of carbonyl (C=O) groups is 1. The van der Waals surface area contributed by atoms with E-state index >= 15 is 0 Å². The van der Waals surface area contributed by atoms with Gasteiger partial charge in [-0.3, -0.25) is 4.79 Å². The molecule has 0 radical (unpaired) electrons. The molecule has 0 aromatic carbocycles. The van der Waals surface area contributed by atoms with Gasteiger partial charge in [0, 0.05) is 5.75 Å². The zero-order chi connectivity index (χ0) is 11.3. The van der Waals surface area contributed by atoms with Crippen molar-refractivity contribution >= 4 is 40.8 Å². The standard InChI is InChI=1S/C8H12N2O2S3/c1-5(6(11)12-2)4-14-8-10-9-7(13-3)15-8/h5H,4H2,1-3H3. The zero-order valence-electron chi connectivity index (χ0n) is 8.72. The maximum absolute atomic E-state index is 11.1. The molecule has 0 N–H and O–H groups in total. The van der Waals surface area contributed by atoms with Crippen molar-refractivity contribution in [3.8, 4) is 0 Å². The lowest BCUT2D eigenvalue weighted by Crippen LogP contribution is -2.14. The second-order valence-corrected chi connectivity index (χ2v) is 6.07. The quantitative estimate of drug-likeness (QED) is 0.600. The third-order valence-corrected chi connectivity index (χ3v) is 4.92. The number of esters is 1. The summed E-state index contributed by atoms with van der Waals surface area (Å²) in [5.74, 6) is 0.383. The van der Waals surface area contributed by atoms with Crippen molar-refractivity contribution < 1.29 is 9.53 Å². The van der Waals surface area contributed by atoms with Gasteiger partial charge in [-0.05, 0) is 6.26 Å². The molecular formula is C8H12N2O2S3. The monoisotopic (exact) mass is 264 g/mol. The topological polar surface area (TPSA) is 52.1 Å². The highest BCUT2D eigenvalue weighted by molar-refractivity contribution is 8.02. The van der Waals surface area contributed by atoms with Crippen molar-refractivity contribution in [1.29, 1.82) is 0 Å². The highest BCUT2D eigenvalue weighted by atomic mass is 32.2. The van der Waals surface area contributed by atoms with Crippen LogP contribution in [-0.2, 0) is 9.53 Å². The average Bonchev–Trinajstić information content (AvgIpc) is 2.72. The minimum atomic E-state index is -0.183. The van der Waals surface area contributed by atoms with E-state index in [1.165, 1.54) is 18.9 Å². The summed E-state index contributed by atoms with van der Waals surface area (Å²) in [7, 11) is 1.40. The third kappa shape index (κ3) is 4.00. The number of rotatable bonds is 5. The van der Waals surface area contributed by atoms with E-state index in [4.69, 9.17) is 0 Å². The first-order valence-corrected chi connectivity index (χ1v) is 7.28. The van der Waals surface area contributed by atoms with Gasteiger partial charge < -0.3 is 4.74 Å². The fraction of sp³-hybridized carbons (Fsp3) is 0.625. The Morgan fingerprint density at radius 2 is 2.20 bits per heavy atom. The first-order valence-electron chi connectivity index (χ1n) is 4.25. The molecule has 1 rings (SSSR count). The number of thioether (sulfide) groups is 2. The lowest BCUT2D eigenvalue weighted by molar-refractivity contribution is -0.143. The summed E-state index contributed by atoms with van der Waals surface area (Å²) in [6.07, 6.45) is 1.96. The molecule has 1 unspecified atom stereocenters. The molecule has 0 fully saturated rings. The van der Waals surface area contributed by atoms with Crippen molar-refractivity contribution in [1.82, 2.24) is 10.2 Å². The van der Waals surface area contributed by atoms with Gasteiger partial charge in [-0.2, -0.15) is 0 Å². The Balaban J connectivity index is 2.39. The lowest BCUT2D eigenvalue weighted by atomic mass is 10.2. The van der Waals surface area contributed by atoms with Crippen LogP contribution >= 0.6 is 34.9 Å². The maximum Gasteiger partial charge on any atom is 0.309 e. The van der Waals surface area contributed by atoms with Gasteiger partial charge in [0.25, 0.3) is 0 Å². The lowest BCUT2D eigenvalue weighted by Gasteiger charge is -2.05. The molecule has 84 valence electrons. The first kappa shape index (κ1) is 12.8. The van der Waals surface area contributed by atoms with E-state index in [9.17, 15) is 4.79 Å². The molecule has 0 aliphatic carbocycles. The molecule has 0 bridgehead atoms. The van der Waals surface area contributed by atoms with Crippen LogP contribution in [0.15, 0.2) is 8.68 Å². The van der Waals surface area contributed by atoms with Gasteiger partial charge in [0.2, 0.25) is 0 Å².